The largest absolute Gasteiger partial charge is 0.494 e. The average Bonchev–Trinajstić information content (AvgIpc) is 2.40. The van der Waals surface area contributed by atoms with E-state index in [1.54, 1.807) is 0 Å². The van der Waals surface area contributed by atoms with E-state index in [4.69, 9.17) is 4.74 Å². The van der Waals surface area contributed by atoms with E-state index in [2.05, 4.69) is 37.8 Å². The van der Waals surface area contributed by atoms with E-state index < -0.39 is 0 Å². The second-order valence-corrected chi connectivity index (χ2v) is 4.75. The molecule has 1 heteroatoms. The van der Waals surface area contributed by atoms with E-state index in [-0.39, 0.29) is 0 Å². The van der Waals surface area contributed by atoms with Crippen molar-refractivity contribution in [3.05, 3.63) is 42.5 Å². The molecule has 1 aromatic carbocycles. The molecular weight excluding hydrogens is 220 g/mol. The smallest absolute Gasteiger partial charge is 0.119 e. The van der Waals surface area contributed by atoms with Gasteiger partial charge in [0.1, 0.15) is 5.75 Å². The average molecular weight is 246 g/mol. The minimum atomic E-state index is 0.840. The van der Waals surface area contributed by atoms with Crippen LogP contribution in [0.3, 0.4) is 0 Å². The summed E-state index contributed by atoms with van der Waals surface area (Å²) in [7, 11) is 0. The molecule has 18 heavy (non-hydrogen) atoms. The Balaban J connectivity index is 2.09. The number of hydrogen-bond acceptors (Lipinski definition) is 1. The van der Waals surface area contributed by atoms with Crippen molar-refractivity contribution >= 4 is 0 Å². The molecule has 0 spiro atoms. The van der Waals surface area contributed by atoms with E-state index in [1.165, 1.54) is 37.7 Å². The number of unbranched alkanes of at least 4 members (excludes halogenated alkanes) is 5. The van der Waals surface area contributed by atoms with Gasteiger partial charge in [-0.1, -0.05) is 57.2 Å². The van der Waals surface area contributed by atoms with E-state index in [1.807, 2.05) is 6.08 Å². The van der Waals surface area contributed by atoms with E-state index in [0.29, 0.717) is 0 Å². The van der Waals surface area contributed by atoms with Gasteiger partial charge in [0.15, 0.2) is 0 Å². The van der Waals surface area contributed by atoms with Gasteiger partial charge in [-0.2, -0.15) is 0 Å². The lowest BCUT2D eigenvalue weighted by Gasteiger charge is -2.06. The van der Waals surface area contributed by atoms with Gasteiger partial charge in [0.25, 0.3) is 0 Å². The number of allylic oxidation sites excluding steroid dienone is 1. The summed E-state index contributed by atoms with van der Waals surface area (Å²) in [5, 5.41) is 0. The Morgan fingerprint density at radius 3 is 2.33 bits per heavy atom. The lowest BCUT2D eigenvalue weighted by atomic mass is 10.1. The van der Waals surface area contributed by atoms with Crippen LogP contribution in [0.2, 0.25) is 0 Å². The second-order valence-electron chi connectivity index (χ2n) is 4.75. The molecule has 0 saturated carbocycles. The maximum absolute atomic E-state index is 5.72. The monoisotopic (exact) mass is 246 g/mol. The van der Waals surface area contributed by atoms with Crippen LogP contribution in [0.15, 0.2) is 36.9 Å². The highest BCUT2D eigenvalue weighted by molar-refractivity contribution is 5.28. The molecule has 0 radical (unpaired) electrons. The zero-order chi connectivity index (χ0) is 13.1. The molecule has 1 rings (SSSR count). The lowest BCUT2D eigenvalue weighted by Crippen LogP contribution is -1.97. The highest BCUT2D eigenvalue weighted by Gasteiger charge is 1.95. The quantitative estimate of drug-likeness (QED) is 0.409. The minimum Gasteiger partial charge on any atom is -0.494 e. The molecule has 0 saturated heterocycles. The molecule has 0 unspecified atom stereocenters. The number of ether oxygens (including phenoxy) is 1. The predicted molar refractivity (Wildman–Crippen MR) is 79.2 cm³/mol. The molecule has 0 atom stereocenters. The molecule has 0 fully saturated rings. The molecule has 1 nitrogen and oxygen atoms in total. The first-order chi connectivity index (χ1) is 8.86. The number of benzene rings is 1. The van der Waals surface area contributed by atoms with Crippen LogP contribution in [-0.4, -0.2) is 6.61 Å². The third-order valence-electron chi connectivity index (χ3n) is 3.07. The van der Waals surface area contributed by atoms with Crippen LogP contribution in [0.4, 0.5) is 0 Å². The van der Waals surface area contributed by atoms with E-state index in [9.17, 15) is 0 Å². The molecule has 0 bridgehead atoms. The highest BCUT2D eigenvalue weighted by atomic mass is 16.5. The van der Waals surface area contributed by atoms with Gasteiger partial charge in [0.2, 0.25) is 0 Å². The maximum Gasteiger partial charge on any atom is 0.119 e. The Morgan fingerprint density at radius 1 is 1.00 bits per heavy atom. The molecule has 1 aromatic rings. The summed E-state index contributed by atoms with van der Waals surface area (Å²) in [6.45, 7) is 6.83. The van der Waals surface area contributed by atoms with Crippen molar-refractivity contribution in [3.63, 3.8) is 0 Å². The maximum atomic E-state index is 5.72. The van der Waals surface area contributed by atoms with Crippen LogP contribution < -0.4 is 4.74 Å². The molecule has 0 aliphatic carbocycles. The van der Waals surface area contributed by atoms with Gasteiger partial charge in [0, 0.05) is 0 Å². The van der Waals surface area contributed by atoms with Crippen LogP contribution in [0.1, 0.15) is 51.0 Å². The van der Waals surface area contributed by atoms with Gasteiger partial charge >= 0.3 is 0 Å². The van der Waals surface area contributed by atoms with Crippen molar-refractivity contribution in [3.8, 4) is 5.75 Å². The molecule has 0 heterocycles. The van der Waals surface area contributed by atoms with Gasteiger partial charge < -0.3 is 4.74 Å². The van der Waals surface area contributed by atoms with Gasteiger partial charge in [-0.05, 0) is 30.5 Å². The van der Waals surface area contributed by atoms with Gasteiger partial charge in [0.05, 0.1) is 6.61 Å². The van der Waals surface area contributed by atoms with Crippen molar-refractivity contribution in [1.82, 2.24) is 0 Å². The first kappa shape index (κ1) is 14.8. The molecule has 0 amide bonds. The Hall–Kier alpha value is -1.24. The fraction of sp³-hybridized carbons (Fsp3) is 0.529. The van der Waals surface area contributed by atoms with Crippen molar-refractivity contribution < 1.29 is 4.74 Å². The van der Waals surface area contributed by atoms with Gasteiger partial charge in [-0.3, -0.25) is 0 Å². The lowest BCUT2D eigenvalue weighted by molar-refractivity contribution is 0.304. The SMILES string of the molecule is C=CCc1ccc(OCCCCCCCC)cc1. The molecule has 100 valence electrons. The number of rotatable bonds is 10. The highest BCUT2D eigenvalue weighted by Crippen LogP contribution is 2.13. The fourth-order valence-electron chi connectivity index (χ4n) is 1.96. The van der Waals surface area contributed by atoms with E-state index >= 15 is 0 Å². The fourth-order valence-corrected chi connectivity index (χ4v) is 1.96. The van der Waals surface area contributed by atoms with Crippen LogP contribution in [0, 0.1) is 0 Å². The summed E-state index contributed by atoms with van der Waals surface area (Å²) >= 11 is 0. The molecule has 0 N–H and O–H groups in total. The van der Waals surface area contributed by atoms with Gasteiger partial charge in [-0.15, -0.1) is 6.58 Å². The van der Waals surface area contributed by atoms with Crippen molar-refractivity contribution in [1.29, 1.82) is 0 Å². The molecule has 0 aliphatic heterocycles. The van der Waals surface area contributed by atoms with Crippen LogP contribution in [0.25, 0.3) is 0 Å². The Bertz CT molecular complexity index is 313. The summed E-state index contributed by atoms with van der Waals surface area (Å²) in [5.41, 5.74) is 1.29. The van der Waals surface area contributed by atoms with Crippen molar-refractivity contribution in [2.45, 2.75) is 51.9 Å². The number of hydrogen-bond donors (Lipinski definition) is 0. The topological polar surface area (TPSA) is 9.23 Å². The zero-order valence-corrected chi connectivity index (χ0v) is 11.7. The van der Waals surface area contributed by atoms with Crippen LogP contribution in [-0.2, 0) is 6.42 Å². The minimum absolute atomic E-state index is 0.840. The normalized spacial score (nSPS) is 10.3. The molecule has 0 aromatic heterocycles. The third kappa shape index (κ3) is 6.48. The third-order valence-corrected chi connectivity index (χ3v) is 3.07. The second kappa shape index (κ2) is 9.76. The molecular formula is C17H26O. The van der Waals surface area contributed by atoms with Crippen molar-refractivity contribution in [2.75, 3.05) is 6.61 Å². The summed E-state index contributed by atoms with van der Waals surface area (Å²) in [6.07, 6.45) is 10.7. The van der Waals surface area contributed by atoms with E-state index in [0.717, 1.165) is 25.2 Å². The van der Waals surface area contributed by atoms with Crippen LogP contribution >= 0.6 is 0 Å². The van der Waals surface area contributed by atoms with Gasteiger partial charge in [-0.25, -0.2) is 0 Å². The summed E-state index contributed by atoms with van der Waals surface area (Å²) in [6, 6.07) is 8.32. The van der Waals surface area contributed by atoms with Crippen molar-refractivity contribution in [2.24, 2.45) is 0 Å². The Kier molecular flexibility index (Phi) is 8.03. The summed E-state index contributed by atoms with van der Waals surface area (Å²) in [5.74, 6) is 0.983. The summed E-state index contributed by atoms with van der Waals surface area (Å²) in [4.78, 5) is 0. The Labute approximate surface area is 112 Å². The Morgan fingerprint density at radius 2 is 1.67 bits per heavy atom. The standard InChI is InChI=1S/C17H26O/c1-3-5-6-7-8-9-15-18-17-13-11-16(10-4-2)12-14-17/h4,11-14H,2-3,5-10,15H2,1H3. The first-order valence-corrected chi connectivity index (χ1v) is 7.19. The van der Waals surface area contributed by atoms with Crippen LogP contribution in [0.5, 0.6) is 5.75 Å². The zero-order valence-electron chi connectivity index (χ0n) is 11.7. The summed E-state index contributed by atoms with van der Waals surface area (Å²) < 4.78 is 5.72. The predicted octanol–water partition coefficient (Wildman–Crippen LogP) is 5.15. The molecule has 0 aliphatic rings. The first-order valence-electron chi connectivity index (χ1n) is 7.19.